The summed E-state index contributed by atoms with van der Waals surface area (Å²) in [5.74, 6) is 2.27. The highest BCUT2D eigenvalue weighted by atomic mass is 32.1. The fourth-order valence-corrected chi connectivity index (χ4v) is 5.51. The summed E-state index contributed by atoms with van der Waals surface area (Å²) in [6.45, 7) is 1.31. The SMILES string of the molecule is O=C(O)COCCCCC[C@H]1C2CCC(CC2)[C@@H]1CNNC(=S)Nc1ccccc1. The number of carboxylic acids is 1. The van der Waals surface area contributed by atoms with Crippen LogP contribution in [0.4, 0.5) is 5.69 Å². The fraction of sp³-hybridized carbons (Fsp3) is 0.652. The number of thiocarbonyl (C=S) groups is 1. The molecule has 0 spiro atoms. The molecule has 0 aliphatic heterocycles. The standard InChI is InChI=1S/C23H35N3O3S/c27-22(28)16-29-14-6-2-5-9-20-17-10-12-18(13-11-17)21(20)15-24-26-23(30)25-19-7-3-1-4-8-19/h1,3-4,7-8,17-18,20-21,24H,2,5-6,9-16H2,(H,27,28)(H2,25,26,30)/t17?,18?,20-,21-/m0/s1. The molecule has 3 saturated carbocycles. The Kier molecular flexibility index (Phi) is 9.36. The first-order valence-corrected chi connectivity index (χ1v) is 11.7. The van der Waals surface area contributed by atoms with Crippen LogP contribution in [-0.2, 0) is 9.53 Å². The number of fused-ring (bicyclic) bond motifs is 3. The van der Waals surface area contributed by atoms with Crippen molar-refractivity contribution in [3.63, 3.8) is 0 Å². The van der Waals surface area contributed by atoms with Gasteiger partial charge in [-0.05, 0) is 86.5 Å². The molecule has 3 aliphatic carbocycles. The van der Waals surface area contributed by atoms with E-state index in [1.807, 2.05) is 30.3 Å². The van der Waals surface area contributed by atoms with Gasteiger partial charge < -0.3 is 15.2 Å². The van der Waals surface area contributed by atoms with Crippen LogP contribution in [0, 0.1) is 23.7 Å². The van der Waals surface area contributed by atoms with E-state index < -0.39 is 5.97 Å². The number of rotatable bonds is 12. The lowest BCUT2D eigenvalue weighted by Gasteiger charge is -2.49. The van der Waals surface area contributed by atoms with Crippen LogP contribution in [0.25, 0.3) is 0 Å². The van der Waals surface area contributed by atoms with Gasteiger partial charge in [0.25, 0.3) is 0 Å². The minimum atomic E-state index is -0.893. The van der Waals surface area contributed by atoms with Crippen LogP contribution in [0.3, 0.4) is 0 Å². The Bertz CT molecular complexity index is 665. The average Bonchev–Trinajstić information content (AvgIpc) is 2.75. The predicted molar refractivity (Wildman–Crippen MR) is 123 cm³/mol. The molecule has 30 heavy (non-hydrogen) atoms. The van der Waals surface area contributed by atoms with Crippen molar-refractivity contribution in [2.45, 2.75) is 51.4 Å². The topological polar surface area (TPSA) is 82.6 Å². The number of benzene rings is 1. The molecule has 1 aromatic carbocycles. The molecule has 1 aromatic rings. The van der Waals surface area contributed by atoms with Gasteiger partial charge in [0.15, 0.2) is 5.11 Å². The summed E-state index contributed by atoms with van der Waals surface area (Å²) in [7, 11) is 0. The fourth-order valence-electron chi connectivity index (χ4n) is 5.32. The molecule has 0 heterocycles. The van der Waals surface area contributed by atoms with Gasteiger partial charge >= 0.3 is 5.97 Å². The molecular weight excluding hydrogens is 398 g/mol. The van der Waals surface area contributed by atoms with E-state index in [9.17, 15) is 4.79 Å². The molecule has 166 valence electrons. The van der Waals surface area contributed by atoms with Gasteiger partial charge in [-0.25, -0.2) is 10.2 Å². The van der Waals surface area contributed by atoms with E-state index in [1.54, 1.807) is 0 Å². The van der Waals surface area contributed by atoms with Gasteiger partial charge in [-0.1, -0.05) is 31.0 Å². The lowest BCUT2D eigenvalue weighted by molar-refractivity contribution is -0.142. The highest BCUT2D eigenvalue weighted by Gasteiger charge is 2.42. The minimum absolute atomic E-state index is 0.186. The maximum atomic E-state index is 10.5. The van der Waals surface area contributed by atoms with Gasteiger partial charge in [-0.3, -0.25) is 5.43 Å². The first kappa shape index (κ1) is 23.0. The third-order valence-electron chi connectivity index (χ3n) is 6.70. The van der Waals surface area contributed by atoms with Crippen LogP contribution in [0.15, 0.2) is 30.3 Å². The number of hydrogen-bond donors (Lipinski definition) is 4. The Hall–Kier alpha value is -1.70. The maximum absolute atomic E-state index is 10.5. The third kappa shape index (κ3) is 7.22. The summed E-state index contributed by atoms with van der Waals surface area (Å²) in [6, 6.07) is 9.95. The molecular formula is C23H35N3O3S. The second-order valence-corrected chi connectivity index (χ2v) is 9.03. The normalized spacial score (nSPS) is 25.1. The molecule has 3 fully saturated rings. The largest absolute Gasteiger partial charge is 0.480 e. The molecule has 3 aliphatic rings. The Balaban J connectivity index is 1.37. The number of carboxylic acid groups (broad SMARTS) is 1. The quantitative estimate of drug-likeness (QED) is 0.223. The third-order valence-corrected chi connectivity index (χ3v) is 6.90. The molecule has 0 saturated heterocycles. The molecule has 0 aromatic heterocycles. The summed E-state index contributed by atoms with van der Waals surface area (Å²) in [5, 5.41) is 12.4. The van der Waals surface area contributed by atoms with Crippen LogP contribution in [0.2, 0.25) is 0 Å². The summed E-state index contributed by atoms with van der Waals surface area (Å²) in [6.07, 6.45) is 10.0. The van der Waals surface area contributed by atoms with Crippen molar-refractivity contribution in [1.29, 1.82) is 0 Å². The van der Waals surface area contributed by atoms with E-state index >= 15 is 0 Å². The zero-order valence-corrected chi connectivity index (χ0v) is 18.5. The van der Waals surface area contributed by atoms with Gasteiger partial charge in [0, 0.05) is 18.8 Å². The van der Waals surface area contributed by atoms with E-state index in [4.69, 9.17) is 22.1 Å². The zero-order valence-electron chi connectivity index (χ0n) is 17.6. The molecule has 4 N–H and O–H groups in total. The van der Waals surface area contributed by atoms with Gasteiger partial charge in [0.1, 0.15) is 6.61 Å². The average molecular weight is 434 g/mol. The number of nitrogens with one attached hydrogen (secondary N) is 3. The van der Waals surface area contributed by atoms with Crippen molar-refractivity contribution in [2.75, 3.05) is 25.1 Å². The van der Waals surface area contributed by atoms with Gasteiger partial charge in [0.2, 0.25) is 0 Å². The number of hydrazine groups is 1. The smallest absolute Gasteiger partial charge is 0.329 e. The Morgan fingerprint density at radius 1 is 1.03 bits per heavy atom. The van der Waals surface area contributed by atoms with Crippen LogP contribution in [0.5, 0.6) is 0 Å². The molecule has 0 amide bonds. The number of para-hydroxylation sites is 1. The first-order valence-electron chi connectivity index (χ1n) is 11.3. The van der Waals surface area contributed by atoms with Crippen molar-refractivity contribution >= 4 is 29.0 Å². The van der Waals surface area contributed by atoms with Crippen molar-refractivity contribution in [1.82, 2.24) is 10.9 Å². The zero-order chi connectivity index (χ0) is 21.2. The second kappa shape index (κ2) is 12.2. The number of ether oxygens (including phenoxy) is 1. The maximum Gasteiger partial charge on any atom is 0.329 e. The molecule has 0 radical (unpaired) electrons. The van der Waals surface area contributed by atoms with Gasteiger partial charge in [-0.15, -0.1) is 0 Å². The summed E-state index contributed by atoms with van der Waals surface area (Å²) < 4.78 is 5.14. The Morgan fingerprint density at radius 3 is 2.43 bits per heavy atom. The monoisotopic (exact) mass is 433 g/mol. The van der Waals surface area contributed by atoms with Crippen LogP contribution in [-0.4, -0.2) is 35.9 Å². The predicted octanol–water partition coefficient (Wildman–Crippen LogP) is 4.19. The molecule has 2 atom stereocenters. The van der Waals surface area contributed by atoms with E-state index in [0.29, 0.717) is 17.6 Å². The van der Waals surface area contributed by atoms with Crippen molar-refractivity contribution in [3.8, 4) is 0 Å². The molecule has 6 nitrogen and oxygen atoms in total. The molecule has 4 rings (SSSR count). The van der Waals surface area contributed by atoms with Crippen LogP contribution in [0.1, 0.15) is 51.4 Å². The number of carbonyl (C=O) groups is 1. The van der Waals surface area contributed by atoms with Crippen LogP contribution >= 0.6 is 12.2 Å². The first-order chi connectivity index (χ1) is 14.6. The number of unbranched alkanes of at least 4 members (excludes halogenated alkanes) is 2. The number of hydrogen-bond acceptors (Lipinski definition) is 4. The Morgan fingerprint density at radius 2 is 1.73 bits per heavy atom. The molecule has 7 heteroatoms. The van der Waals surface area contributed by atoms with E-state index in [-0.39, 0.29) is 6.61 Å². The highest BCUT2D eigenvalue weighted by Crippen LogP contribution is 2.50. The summed E-state index contributed by atoms with van der Waals surface area (Å²) in [5.41, 5.74) is 7.54. The highest BCUT2D eigenvalue weighted by molar-refractivity contribution is 7.80. The van der Waals surface area contributed by atoms with Crippen molar-refractivity contribution < 1.29 is 14.6 Å². The van der Waals surface area contributed by atoms with Gasteiger partial charge in [-0.2, -0.15) is 0 Å². The second-order valence-electron chi connectivity index (χ2n) is 8.62. The number of anilines is 1. The molecule has 0 unspecified atom stereocenters. The van der Waals surface area contributed by atoms with E-state index in [2.05, 4.69) is 16.2 Å². The summed E-state index contributed by atoms with van der Waals surface area (Å²) >= 11 is 5.40. The van der Waals surface area contributed by atoms with Gasteiger partial charge in [0.05, 0.1) is 0 Å². The van der Waals surface area contributed by atoms with Crippen LogP contribution < -0.4 is 16.2 Å². The van der Waals surface area contributed by atoms with Crippen molar-refractivity contribution in [2.24, 2.45) is 23.7 Å². The van der Waals surface area contributed by atoms with Crippen molar-refractivity contribution in [3.05, 3.63) is 30.3 Å². The number of aliphatic carboxylic acids is 1. The minimum Gasteiger partial charge on any atom is -0.480 e. The lowest BCUT2D eigenvalue weighted by atomic mass is 9.57. The Labute approximate surface area is 185 Å². The van der Waals surface area contributed by atoms with E-state index in [1.165, 1.54) is 38.5 Å². The van der Waals surface area contributed by atoms with E-state index in [0.717, 1.165) is 42.8 Å². The molecule has 2 bridgehead atoms. The summed E-state index contributed by atoms with van der Waals surface area (Å²) in [4.78, 5) is 10.5. The lowest BCUT2D eigenvalue weighted by Crippen LogP contribution is -2.49.